The van der Waals surface area contributed by atoms with Gasteiger partial charge in [-0.1, -0.05) is 0 Å². The SMILES string of the molecule is Nc1ccc(CNCC2CCCO2)nc1. The van der Waals surface area contributed by atoms with Gasteiger partial charge in [0.1, 0.15) is 0 Å². The number of pyridine rings is 1. The molecule has 0 saturated carbocycles. The quantitative estimate of drug-likeness (QED) is 0.771. The molecule has 82 valence electrons. The predicted molar refractivity (Wildman–Crippen MR) is 59.3 cm³/mol. The van der Waals surface area contributed by atoms with E-state index < -0.39 is 0 Å². The van der Waals surface area contributed by atoms with E-state index >= 15 is 0 Å². The third kappa shape index (κ3) is 3.18. The molecule has 4 heteroatoms. The molecule has 1 aliphatic rings. The van der Waals surface area contributed by atoms with E-state index in [0.717, 1.165) is 25.4 Å². The maximum absolute atomic E-state index is 5.55. The van der Waals surface area contributed by atoms with Crippen LogP contribution in [-0.4, -0.2) is 24.2 Å². The Bertz CT molecular complexity index is 293. The number of ether oxygens (including phenoxy) is 1. The smallest absolute Gasteiger partial charge is 0.0700 e. The first-order valence-corrected chi connectivity index (χ1v) is 5.37. The van der Waals surface area contributed by atoms with Crippen LogP contribution < -0.4 is 11.1 Å². The number of nitrogens with two attached hydrogens (primary N) is 1. The highest BCUT2D eigenvalue weighted by atomic mass is 16.5. The van der Waals surface area contributed by atoms with Crippen molar-refractivity contribution in [2.45, 2.75) is 25.5 Å². The van der Waals surface area contributed by atoms with Crippen molar-refractivity contribution in [3.63, 3.8) is 0 Å². The van der Waals surface area contributed by atoms with Crippen LogP contribution in [0.25, 0.3) is 0 Å². The first-order valence-electron chi connectivity index (χ1n) is 5.37. The van der Waals surface area contributed by atoms with Gasteiger partial charge in [0.2, 0.25) is 0 Å². The molecule has 1 unspecified atom stereocenters. The van der Waals surface area contributed by atoms with Crippen LogP contribution in [0.5, 0.6) is 0 Å². The van der Waals surface area contributed by atoms with Gasteiger partial charge in [-0.15, -0.1) is 0 Å². The van der Waals surface area contributed by atoms with Gasteiger partial charge in [0.25, 0.3) is 0 Å². The molecule has 0 radical (unpaired) electrons. The van der Waals surface area contributed by atoms with Crippen molar-refractivity contribution < 1.29 is 4.74 Å². The Hall–Kier alpha value is -1.13. The number of hydrogen-bond acceptors (Lipinski definition) is 4. The molecule has 1 aliphatic heterocycles. The monoisotopic (exact) mass is 207 g/mol. The summed E-state index contributed by atoms with van der Waals surface area (Å²) in [5.41, 5.74) is 7.27. The second-order valence-electron chi connectivity index (χ2n) is 3.85. The molecule has 4 nitrogen and oxygen atoms in total. The number of nitrogens with one attached hydrogen (secondary N) is 1. The average molecular weight is 207 g/mol. The number of aromatic nitrogens is 1. The van der Waals surface area contributed by atoms with E-state index in [2.05, 4.69) is 10.3 Å². The van der Waals surface area contributed by atoms with Crippen molar-refractivity contribution in [3.05, 3.63) is 24.0 Å². The summed E-state index contributed by atoms with van der Waals surface area (Å²) in [5, 5.41) is 3.33. The molecular formula is C11H17N3O. The minimum atomic E-state index is 0.388. The van der Waals surface area contributed by atoms with Crippen LogP contribution in [0.15, 0.2) is 18.3 Å². The van der Waals surface area contributed by atoms with Crippen molar-refractivity contribution in [2.75, 3.05) is 18.9 Å². The highest BCUT2D eigenvalue weighted by Gasteiger charge is 2.14. The lowest BCUT2D eigenvalue weighted by Gasteiger charge is -2.10. The van der Waals surface area contributed by atoms with E-state index in [0.29, 0.717) is 11.8 Å². The zero-order valence-corrected chi connectivity index (χ0v) is 8.78. The topological polar surface area (TPSA) is 60.2 Å². The molecule has 1 fully saturated rings. The highest BCUT2D eigenvalue weighted by Crippen LogP contribution is 2.10. The summed E-state index contributed by atoms with van der Waals surface area (Å²) in [5.74, 6) is 0. The van der Waals surface area contributed by atoms with Crippen LogP contribution in [0.4, 0.5) is 5.69 Å². The maximum atomic E-state index is 5.55. The van der Waals surface area contributed by atoms with Crippen molar-refractivity contribution in [1.82, 2.24) is 10.3 Å². The molecule has 3 N–H and O–H groups in total. The van der Waals surface area contributed by atoms with E-state index in [1.165, 1.54) is 12.8 Å². The number of nitrogens with zero attached hydrogens (tertiary/aromatic N) is 1. The molecule has 0 aliphatic carbocycles. The molecule has 0 bridgehead atoms. The minimum absolute atomic E-state index is 0.388. The summed E-state index contributed by atoms with van der Waals surface area (Å²) in [6, 6.07) is 3.81. The van der Waals surface area contributed by atoms with Crippen molar-refractivity contribution in [3.8, 4) is 0 Å². The van der Waals surface area contributed by atoms with Gasteiger partial charge in [0.05, 0.1) is 23.7 Å². The van der Waals surface area contributed by atoms with Crippen LogP contribution in [0, 0.1) is 0 Å². The van der Waals surface area contributed by atoms with E-state index in [1.807, 2.05) is 12.1 Å². The van der Waals surface area contributed by atoms with Crippen molar-refractivity contribution in [2.24, 2.45) is 0 Å². The number of nitrogen functional groups attached to an aromatic ring is 1. The fraction of sp³-hybridized carbons (Fsp3) is 0.545. The summed E-state index contributed by atoms with van der Waals surface area (Å²) < 4.78 is 5.51. The van der Waals surface area contributed by atoms with Crippen LogP contribution in [0.2, 0.25) is 0 Å². The van der Waals surface area contributed by atoms with Gasteiger partial charge in [-0.3, -0.25) is 4.98 Å². The molecule has 1 aromatic heterocycles. The Morgan fingerprint density at radius 1 is 1.53 bits per heavy atom. The van der Waals surface area contributed by atoms with Crippen LogP contribution in [0.3, 0.4) is 0 Å². The second kappa shape index (κ2) is 5.09. The molecule has 0 aromatic carbocycles. The van der Waals surface area contributed by atoms with Gasteiger partial charge in [-0.25, -0.2) is 0 Å². The first kappa shape index (κ1) is 10.4. The van der Waals surface area contributed by atoms with E-state index in [9.17, 15) is 0 Å². The first-order chi connectivity index (χ1) is 7.34. The molecule has 1 saturated heterocycles. The lowest BCUT2D eigenvalue weighted by molar-refractivity contribution is 0.110. The zero-order chi connectivity index (χ0) is 10.5. The summed E-state index contributed by atoms with van der Waals surface area (Å²) >= 11 is 0. The molecule has 1 atom stereocenters. The van der Waals surface area contributed by atoms with Gasteiger partial charge in [0.15, 0.2) is 0 Å². The van der Waals surface area contributed by atoms with Crippen LogP contribution >= 0.6 is 0 Å². The van der Waals surface area contributed by atoms with E-state index in [1.54, 1.807) is 6.20 Å². The number of rotatable bonds is 4. The minimum Gasteiger partial charge on any atom is -0.397 e. The van der Waals surface area contributed by atoms with Gasteiger partial charge in [0, 0.05) is 19.7 Å². The highest BCUT2D eigenvalue weighted by molar-refractivity contribution is 5.34. The molecule has 2 rings (SSSR count). The van der Waals surface area contributed by atoms with Gasteiger partial charge in [-0.2, -0.15) is 0 Å². The van der Waals surface area contributed by atoms with Crippen LogP contribution in [0.1, 0.15) is 18.5 Å². The number of hydrogen-bond donors (Lipinski definition) is 2. The fourth-order valence-electron chi connectivity index (χ4n) is 1.71. The van der Waals surface area contributed by atoms with Gasteiger partial charge >= 0.3 is 0 Å². The number of anilines is 1. The molecule has 15 heavy (non-hydrogen) atoms. The van der Waals surface area contributed by atoms with Crippen molar-refractivity contribution in [1.29, 1.82) is 0 Å². The molecular weight excluding hydrogens is 190 g/mol. The predicted octanol–water partition coefficient (Wildman–Crippen LogP) is 0.932. The third-order valence-electron chi connectivity index (χ3n) is 2.55. The molecule has 2 heterocycles. The molecule has 0 spiro atoms. The lowest BCUT2D eigenvalue weighted by atomic mass is 10.2. The Kier molecular flexibility index (Phi) is 3.53. The summed E-state index contributed by atoms with van der Waals surface area (Å²) in [6.45, 7) is 2.60. The summed E-state index contributed by atoms with van der Waals surface area (Å²) in [7, 11) is 0. The fourth-order valence-corrected chi connectivity index (χ4v) is 1.71. The standard InChI is InChI=1S/C11H17N3O/c12-9-3-4-10(14-6-9)7-13-8-11-2-1-5-15-11/h3-4,6,11,13H,1-2,5,7-8,12H2. The van der Waals surface area contributed by atoms with E-state index in [4.69, 9.17) is 10.5 Å². The Morgan fingerprint density at radius 3 is 3.13 bits per heavy atom. The Labute approximate surface area is 89.8 Å². The normalized spacial score (nSPS) is 20.7. The second-order valence-corrected chi connectivity index (χ2v) is 3.85. The summed E-state index contributed by atoms with van der Waals surface area (Å²) in [6.07, 6.45) is 4.43. The zero-order valence-electron chi connectivity index (χ0n) is 8.78. The molecule has 1 aromatic rings. The molecule has 0 amide bonds. The average Bonchev–Trinajstić information content (AvgIpc) is 2.74. The largest absolute Gasteiger partial charge is 0.397 e. The van der Waals surface area contributed by atoms with Crippen molar-refractivity contribution >= 4 is 5.69 Å². The van der Waals surface area contributed by atoms with Crippen LogP contribution in [-0.2, 0) is 11.3 Å². The third-order valence-corrected chi connectivity index (χ3v) is 2.55. The summed E-state index contributed by atoms with van der Waals surface area (Å²) in [4.78, 5) is 4.21. The Morgan fingerprint density at radius 2 is 2.47 bits per heavy atom. The van der Waals surface area contributed by atoms with Gasteiger partial charge < -0.3 is 15.8 Å². The maximum Gasteiger partial charge on any atom is 0.0700 e. The van der Waals surface area contributed by atoms with E-state index in [-0.39, 0.29) is 0 Å². The lowest BCUT2D eigenvalue weighted by Crippen LogP contribution is -2.26. The van der Waals surface area contributed by atoms with Gasteiger partial charge in [-0.05, 0) is 25.0 Å². The Balaban J connectivity index is 1.71.